The summed E-state index contributed by atoms with van der Waals surface area (Å²) in [5.41, 5.74) is 1.55. The molecule has 0 saturated carbocycles. The van der Waals surface area contributed by atoms with Crippen molar-refractivity contribution in [3.63, 3.8) is 0 Å². The van der Waals surface area contributed by atoms with Gasteiger partial charge in [-0.05, 0) is 61.9 Å². The molecule has 0 radical (unpaired) electrons. The van der Waals surface area contributed by atoms with Crippen LogP contribution in [-0.2, 0) is 0 Å². The maximum absolute atomic E-state index is 5.58. The Balaban J connectivity index is 1.88. The molecule has 0 unspecified atom stereocenters. The van der Waals surface area contributed by atoms with Crippen LogP contribution in [0, 0.1) is 12.3 Å². The number of nitrogens with zero attached hydrogens (tertiary/aromatic N) is 2. The minimum absolute atomic E-state index is 0.622. The molecule has 2 aromatic rings. The quantitative estimate of drug-likeness (QED) is 0.377. The summed E-state index contributed by atoms with van der Waals surface area (Å²) >= 11 is 0. The standard InChI is InChI=1S/C19H20N2O2/c1-3-5-6-15-23-19-13-9-17(10-14-19)21-20-16-7-11-18(12-8-16)22-4-2/h1,7-14H,4-6,15H2,2H3. The van der Waals surface area contributed by atoms with Crippen LogP contribution in [-0.4, -0.2) is 13.2 Å². The molecule has 0 fully saturated rings. The van der Waals surface area contributed by atoms with Gasteiger partial charge in [0, 0.05) is 6.42 Å². The van der Waals surface area contributed by atoms with Crippen LogP contribution in [0.1, 0.15) is 19.8 Å². The summed E-state index contributed by atoms with van der Waals surface area (Å²) in [6, 6.07) is 15.0. The van der Waals surface area contributed by atoms with Crippen molar-refractivity contribution >= 4 is 11.4 Å². The zero-order valence-electron chi connectivity index (χ0n) is 13.2. The Bertz CT molecular complexity index is 655. The van der Waals surface area contributed by atoms with Crippen LogP contribution in [0.4, 0.5) is 11.4 Å². The normalized spacial score (nSPS) is 10.4. The zero-order valence-corrected chi connectivity index (χ0v) is 13.2. The lowest BCUT2D eigenvalue weighted by molar-refractivity contribution is 0.313. The van der Waals surface area contributed by atoms with Crippen LogP contribution < -0.4 is 9.47 Å². The first-order valence-corrected chi connectivity index (χ1v) is 7.62. The third kappa shape index (κ3) is 5.84. The Kier molecular flexibility index (Phi) is 6.67. The lowest BCUT2D eigenvalue weighted by Crippen LogP contribution is -1.95. The molecule has 118 valence electrons. The molecule has 0 spiro atoms. The van der Waals surface area contributed by atoms with Gasteiger partial charge in [-0.1, -0.05) is 0 Å². The number of hydrogen-bond acceptors (Lipinski definition) is 4. The highest BCUT2D eigenvalue weighted by atomic mass is 16.5. The number of unbranched alkanes of at least 4 members (excludes halogenated alkanes) is 1. The van der Waals surface area contributed by atoms with Crippen molar-refractivity contribution in [1.29, 1.82) is 0 Å². The molecule has 0 aliphatic heterocycles. The molecular formula is C19H20N2O2. The van der Waals surface area contributed by atoms with Gasteiger partial charge < -0.3 is 9.47 Å². The summed E-state index contributed by atoms with van der Waals surface area (Å²) in [5, 5.41) is 8.41. The maximum atomic E-state index is 5.58. The van der Waals surface area contributed by atoms with Gasteiger partial charge in [-0.2, -0.15) is 10.2 Å². The molecule has 0 heterocycles. The second kappa shape index (κ2) is 9.26. The van der Waals surface area contributed by atoms with E-state index in [1.165, 1.54) is 0 Å². The largest absolute Gasteiger partial charge is 0.494 e. The summed E-state index contributed by atoms with van der Waals surface area (Å²) < 4.78 is 11.0. The Morgan fingerprint density at radius 3 is 1.87 bits per heavy atom. The third-order valence-electron chi connectivity index (χ3n) is 3.00. The monoisotopic (exact) mass is 308 g/mol. The molecule has 0 aliphatic carbocycles. The van der Waals surface area contributed by atoms with Crippen molar-refractivity contribution in [1.82, 2.24) is 0 Å². The van der Waals surface area contributed by atoms with Crippen LogP contribution in [0.3, 0.4) is 0 Å². The number of ether oxygens (including phenoxy) is 2. The SMILES string of the molecule is C#CCCCOc1ccc(N=Nc2ccc(OCC)cc2)cc1. The highest BCUT2D eigenvalue weighted by molar-refractivity contribution is 5.44. The first-order chi connectivity index (χ1) is 11.3. The summed E-state index contributed by atoms with van der Waals surface area (Å²) in [7, 11) is 0. The van der Waals surface area contributed by atoms with Crippen molar-refractivity contribution < 1.29 is 9.47 Å². The van der Waals surface area contributed by atoms with E-state index in [1.54, 1.807) is 0 Å². The number of azo groups is 1. The minimum atomic E-state index is 0.622. The van der Waals surface area contributed by atoms with Gasteiger partial charge in [-0.15, -0.1) is 12.3 Å². The Hall–Kier alpha value is -2.80. The van der Waals surface area contributed by atoms with Gasteiger partial charge >= 0.3 is 0 Å². The van der Waals surface area contributed by atoms with Crippen LogP contribution >= 0.6 is 0 Å². The molecule has 0 saturated heterocycles. The molecular weight excluding hydrogens is 288 g/mol. The summed E-state index contributed by atoms with van der Waals surface area (Å²) in [6.45, 7) is 3.23. The minimum Gasteiger partial charge on any atom is -0.494 e. The lowest BCUT2D eigenvalue weighted by atomic mass is 10.3. The summed E-state index contributed by atoms with van der Waals surface area (Å²) in [4.78, 5) is 0. The Morgan fingerprint density at radius 1 is 0.870 bits per heavy atom. The second-order valence-corrected chi connectivity index (χ2v) is 4.78. The van der Waals surface area contributed by atoms with Crippen LogP contribution in [0.25, 0.3) is 0 Å². The van der Waals surface area contributed by atoms with Gasteiger partial charge in [0.25, 0.3) is 0 Å². The van der Waals surface area contributed by atoms with Crippen molar-refractivity contribution in [2.75, 3.05) is 13.2 Å². The van der Waals surface area contributed by atoms with Gasteiger partial charge in [-0.3, -0.25) is 0 Å². The molecule has 23 heavy (non-hydrogen) atoms. The van der Waals surface area contributed by atoms with Gasteiger partial charge in [0.15, 0.2) is 0 Å². The molecule has 4 heteroatoms. The van der Waals surface area contributed by atoms with E-state index >= 15 is 0 Å². The van der Waals surface area contributed by atoms with Crippen LogP contribution in [0.2, 0.25) is 0 Å². The van der Waals surface area contributed by atoms with Crippen LogP contribution in [0.5, 0.6) is 11.5 Å². The third-order valence-corrected chi connectivity index (χ3v) is 3.00. The summed E-state index contributed by atoms with van der Waals surface area (Å²) in [6.07, 6.45) is 6.78. The first-order valence-electron chi connectivity index (χ1n) is 7.62. The van der Waals surface area contributed by atoms with Gasteiger partial charge in [0.05, 0.1) is 24.6 Å². The molecule has 0 aromatic heterocycles. The van der Waals surface area contributed by atoms with E-state index in [-0.39, 0.29) is 0 Å². The van der Waals surface area contributed by atoms with E-state index in [0.29, 0.717) is 13.2 Å². The topological polar surface area (TPSA) is 43.2 Å². The maximum Gasteiger partial charge on any atom is 0.119 e. The fourth-order valence-electron chi connectivity index (χ4n) is 1.86. The summed E-state index contributed by atoms with van der Waals surface area (Å²) in [5.74, 6) is 4.23. The van der Waals surface area contributed by atoms with Gasteiger partial charge in [-0.25, -0.2) is 0 Å². The average molecular weight is 308 g/mol. The second-order valence-electron chi connectivity index (χ2n) is 4.78. The van der Waals surface area contributed by atoms with Crippen molar-refractivity contribution in [3.05, 3.63) is 48.5 Å². The Morgan fingerprint density at radius 2 is 1.39 bits per heavy atom. The molecule has 0 atom stereocenters. The molecule has 0 bridgehead atoms. The van der Waals surface area contributed by atoms with E-state index in [1.807, 2.05) is 55.5 Å². The number of benzene rings is 2. The van der Waals surface area contributed by atoms with Crippen molar-refractivity contribution in [3.8, 4) is 23.8 Å². The van der Waals surface area contributed by atoms with E-state index in [2.05, 4.69) is 16.1 Å². The van der Waals surface area contributed by atoms with E-state index in [0.717, 1.165) is 35.7 Å². The van der Waals surface area contributed by atoms with Gasteiger partial charge in [0.1, 0.15) is 11.5 Å². The predicted molar refractivity (Wildman–Crippen MR) is 91.8 cm³/mol. The number of terminal acetylenes is 1. The fourth-order valence-corrected chi connectivity index (χ4v) is 1.86. The fraction of sp³-hybridized carbons (Fsp3) is 0.263. The number of hydrogen-bond donors (Lipinski definition) is 0. The molecule has 0 amide bonds. The molecule has 2 aromatic carbocycles. The molecule has 0 aliphatic rings. The van der Waals surface area contributed by atoms with E-state index in [9.17, 15) is 0 Å². The van der Waals surface area contributed by atoms with Crippen molar-refractivity contribution in [2.24, 2.45) is 10.2 Å². The Labute approximate surface area is 137 Å². The molecule has 0 N–H and O–H groups in total. The average Bonchev–Trinajstić information content (AvgIpc) is 2.59. The van der Waals surface area contributed by atoms with Crippen LogP contribution in [0.15, 0.2) is 58.8 Å². The van der Waals surface area contributed by atoms with Crippen molar-refractivity contribution in [2.45, 2.75) is 19.8 Å². The first kappa shape index (κ1) is 16.6. The van der Waals surface area contributed by atoms with E-state index < -0.39 is 0 Å². The molecule has 4 nitrogen and oxygen atoms in total. The number of rotatable bonds is 8. The lowest BCUT2D eigenvalue weighted by Gasteiger charge is -2.04. The highest BCUT2D eigenvalue weighted by Crippen LogP contribution is 2.23. The molecule has 2 rings (SSSR count). The zero-order chi connectivity index (χ0) is 16.3. The van der Waals surface area contributed by atoms with E-state index in [4.69, 9.17) is 15.9 Å². The smallest absolute Gasteiger partial charge is 0.119 e. The predicted octanol–water partition coefficient (Wildman–Crippen LogP) is 5.29. The van der Waals surface area contributed by atoms with Gasteiger partial charge in [0.2, 0.25) is 0 Å². The highest BCUT2D eigenvalue weighted by Gasteiger charge is 1.96.